The normalized spacial score (nSPS) is 14.6. The standard InChI is InChI=1S/C21H23ClFNOS/c1-14(16-7-6-15-4-2-3-5-17(15)10-16)24-21(25)13-26-12-18-8-9-19(22)11-20(18)23/h6-11,14H,2-5,12-13H2,1H3,(H,24,25). The fraction of sp³-hybridized carbons (Fsp3) is 0.381. The van der Waals surface area contributed by atoms with E-state index in [-0.39, 0.29) is 17.8 Å². The molecule has 2 aromatic rings. The molecule has 0 spiro atoms. The SMILES string of the molecule is CC(NC(=O)CSCc1ccc(Cl)cc1F)c1ccc2c(c1)CCCC2. The average molecular weight is 392 g/mol. The smallest absolute Gasteiger partial charge is 0.230 e. The molecule has 26 heavy (non-hydrogen) atoms. The number of halogens is 2. The molecule has 1 amide bonds. The number of thioether (sulfide) groups is 1. The molecule has 5 heteroatoms. The lowest BCUT2D eigenvalue weighted by Gasteiger charge is -2.20. The van der Waals surface area contributed by atoms with Crippen LogP contribution in [0.1, 0.15) is 48.1 Å². The summed E-state index contributed by atoms with van der Waals surface area (Å²) in [5.74, 6) is 0.392. The maximum Gasteiger partial charge on any atom is 0.230 e. The number of fused-ring (bicyclic) bond motifs is 1. The molecule has 1 atom stereocenters. The second-order valence-electron chi connectivity index (χ2n) is 6.75. The highest BCUT2D eigenvalue weighted by atomic mass is 35.5. The molecule has 1 unspecified atom stereocenters. The Morgan fingerprint density at radius 1 is 1.19 bits per heavy atom. The molecule has 0 aliphatic heterocycles. The quantitative estimate of drug-likeness (QED) is 0.707. The molecule has 1 aliphatic carbocycles. The Morgan fingerprint density at radius 3 is 2.73 bits per heavy atom. The van der Waals surface area contributed by atoms with E-state index in [9.17, 15) is 9.18 Å². The summed E-state index contributed by atoms with van der Waals surface area (Å²) < 4.78 is 13.7. The molecule has 0 bridgehead atoms. The molecule has 0 saturated heterocycles. The summed E-state index contributed by atoms with van der Waals surface area (Å²) in [6, 6.07) is 11.2. The highest BCUT2D eigenvalue weighted by molar-refractivity contribution is 7.99. The molecule has 1 aliphatic rings. The first-order valence-corrected chi connectivity index (χ1v) is 10.5. The predicted molar refractivity (Wildman–Crippen MR) is 107 cm³/mol. The van der Waals surface area contributed by atoms with Crippen molar-refractivity contribution in [3.63, 3.8) is 0 Å². The number of nitrogens with one attached hydrogen (secondary N) is 1. The summed E-state index contributed by atoms with van der Waals surface area (Å²) in [7, 11) is 0. The summed E-state index contributed by atoms with van der Waals surface area (Å²) in [4.78, 5) is 12.2. The van der Waals surface area contributed by atoms with E-state index in [1.807, 2.05) is 6.92 Å². The second kappa shape index (κ2) is 8.92. The van der Waals surface area contributed by atoms with Crippen molar-refractivity contribution >= 4 is 29.3 Å². The van der Waals surface area contributed by atoms with Gasteiger partial charge in [0.05, 0.1) is 11.8 Å². The van der Waals surface area contributed by atoms with Crippen LogP contribution in [0.3, 0.4) is 0 Å². The number of rotatable bonds is 6. The number of aryl methyl sites for hydroxylation is 2. The zero-order chi connectivity index (χ0) is 18.5. The van der Waals surface area contributed by atoms with Crippen LogP contribution < -0.4 is 5.32 Å². The van der Waals surface area contributed by atoms with E-state index in [1.165, 1.54) is 41.8 Å². The van der Waals surface area contributed by atoms with E-state index in [1.54, 1.807) is 12.1 Å². The molecule has 3 rings (SSSR count). The minimum absolute atomic E-state index is 0.0254. The van der Waals surface area contributed by atoms with Gasteiger partial charge < -0.3 is 5.32 Å². The number of hydrogen-bond donors (Lipinski definition) is 1. The van der Waals surface area contributed by atoms with Crippen LogP contribution in [0, 0.1) is 5.82 Å². The van der Waals surface area contributed by atoms with Crippen molar-refractivity contribution in [2.75, 3.05) is 5.75 Å². The van der Waals surface area contributed by atoms with E-state index < -0.39 is 0 Å². The Morgan fingerprint density at radius 2 is 1.96 bits per heavy atom. The van der Waals surface area contributed by atoms with Gasteiger partial charge in [0.1, 0.15) is 5.82 Å². The van der Waals surface area contributed by atoms with Gasteiger partial charge in [-0.15, -0.1) is 11.8 Å². The van der Waals surface area contributed by atoms with Crippen LogP contribution in [0.2, 0.25) is 5.02 Å². The molecule has 1 N–H and O–H groups in total. The van der Waals surface area contributed by atoms with Crippen LogP contribution in [0.25, 0.3) is 0 Å². The van der Waals surface area contributed by atoms with Crippen molar-refractivity contribution in [2.45, 2.75) is 44.4 Å². The zero-order valence-electron chi connectivity index (χ0n) is 14.9. The van der Waals surface area contributed by atoms with Gasteiger partial charge in [0, 0.05) is 10.8 Å². The molecule has 2 aromatic carbocycles. The predicted octanol–water partition coefficient (Wildman–Crippen LogP) is 5.47. The van der Waals surface area contributed by atoms with Crippen molar-refractivity contribution in [1.82, 2.24) is 5.32 Å². The Balaban J connectivity index is 1.49. The summed E-state index contributed by atoms with van der Waals surface area (Å²) in [6.45, 7) is 2.01. The van der Waals surface area contributed by atoms with Crippen molar-refractivity contribution in [3.8, 4) is 0 Å². The molecular weight excluding hydrogens is 369 g/mol. The van der Waals surface area contributed by atoms with Gasteiger partial charge >= 0.3 is 0 Å². The second-order valence-corrected chi connectivity index (χ2v) is 8.18. The van der Waals surface area contributed by atoms with Gasteiger partial charge in [0.25, 0.3) is 0 Å². The Bertz CT molecular complexity index is 796. The fourth-order valence-electron chi connectivity index (χ4n) is 3.28. The van der Waals surface area contributed by atoms with Crippen LogP contribution in [-0.2, 0) is 23.4 Å². The number of hydrogen-bond acceptors (Lipinski definition) is 2. The van der Waals surface area contributed by atoms with E-state index >= 15 is 0 Å². The molecule has 0 aromatic heterocycles. The third kappa shape index (κ3) is 5.01. The molecule has 0 heterocycles. The van der Waals surface area contributed by atoms with Crippen LogP contribution in [0.15, 0.2) is 36.4 Å². The number of amides is 1. The molecular formula is C21H23ClFNOS. The third-order valence-electron chi connectivity index (χ3n) is 4.76. The van der Waals surface area contributed by atoms with Gasteiger partial charge in [-0.05, 0) is 67.0 Å². The summed E-state index contributed by atoms with van der Waals surface area (Å²) in [5.41, 5.74) is 4.57. The molecule has 0 radical (unpaired) electrons. The Kier molecular flexibility index (Phi) is 6.60. The average Bonchev–Trinajstić information content (AvgIpc) is 2.63. The van der Waals surface area contributed by atoms with Crippen LogP contribution in [-0.4, -0.2) is 11.7 Å². The third-order valence-corrected chi connectivity index (χ3v) is 5.97. The highest BCUT2D eigenvalue weighted by Crippen LogP contribution is 2.25. The lowest BCUT2D eigenvalue weighted by atomic mass is 9.89. The van der Waals surface area contributed by atoms with Crippen LogP contribution >= 0.6 is 23.4 Å². The summed E-state index contributed by atoms with van der Waals surface area (Å²) in [5, 5.41) is 3.42. The van der Waals surface area contributed by atoms with Gasteiger partial charge in [0.15, 0.2) is 0 Å². The topological polar surface area (TPSA) is 29.1 Å². The fourth-order valence-corrected chi connectivity index (χ4v) is 4.27. The van der Waals surface area contributed by atoms with Crippen LogP contribution in [0.4, 0.5) is 4.39 Å². The summed E-state index contributed by atoms with van der Waals surface area (Å²) >= 11 is 7.15. The summed E-state index contributed by atoms with van der Waals surface area (Å²) in [6.07, 6.45) is 4.81. The van der Waals surface area contributed by atoms with Crippen molar-refractivity contribution in [1.29, 1.82) is 0 Å². The first-order chi connectivity index (χ1) is 12.5. The van der Waals surface area contributed by atoms with E-state index in [0.29, 0.717) is 22.1 Å². The first kappa shape index (κ1) is 19.2. The van der Waals surface area contributed by atoms with E-state index in [2.05, 4.69) is 23.5 Å². The van der Waals surface area contributed by atoms with Crippen molar-refractivity contribution in [2.24, 2.45) is 0 Å². The molecule has 0 saturated carbocycles. The van der Waals surface area contributed by atoms with Crippen molar-refractivity contribution < 1.29 is 9.18 Å². The maximum absolute atomic E-state index is 13.7. The maximum atomic E-state index is 13.7. The number of benzene rings is 2. The van der Waals surface area contributed by atoms with Gasteiger partial charge in [0.2, 0.25) is 5.91 Å². The van der Waals surface area contributed by atoms with Crippen molar-refractivity contribution in [3.05, 3.63) is 69.5 Å². The number of carbonyl (C=O) groups is 1. The van der Waals surface area contributed by atoms with Gasteiger partial charge in [-0.3, -0.25) is 4.79 Å². The lowest BCUT2D eigenvalue weighted by Crippen LogP contribution is -2.28. The largest absolute Gasteiger partial charge is 0.349 e. The Labute approximate surface area is 163 Å². The van der Waals surface area contributed by atoms with Gasteiger partial charge in [-0.1, -0.05) is 35.9 Å². The monoisotopic (exact) mass is 391 g/mol. The number of carbonyl (C=O) groups excluding carboxylic acids is 1. The minimum atomic E-state index is -0.326. The zero-order valence-corrected chi connectivity index (χ0v) is 16.4. The van der Waals surface area contributed by atoms with Crippen LogP contribution in [0.5, 0.6) is 0 Å². The Hall–Kier alpha value is -1.52. The lowest BCUT2D eigenvalue weighted by molar-refractivity contribution is -0.119. The van der Waals surface area contributed by atoms with Gasteiger partial charge in [-0.25, -0.2) is 4.39 Å². The van der Waals surface area contributed by atoms with E-state index in [0.717, 1.165) is 18.4 Å². The minimum Gasteiger partial charge on any atom is -0.349 e. The first-order valence-electron chi connectivity index (χ1n) is 8.95. The van der Waals surface area contributed by atoms with E-state index in [4.69, 9.17) is 11.6 Å². The molecule has 2 nitrogen and oxygen atoms in total. The van der Waals surface area contributed by atoms with Gasteiger partial charge in [-0.2, -0.15) is 0 Å². The molecule has 138 valence electrons. The molecule has 0 fully saturated rings. The highest BCUT2D eigenvalue weighted by Gasteiger charge is 2.14.